The Labute approximate surface area is 78.0 Å². The molecule has 0 radical (unpaired) electrons. The monoisotopic (exact) mass is 194 g/mol. The molecule has 0 aliphatic heterocycles. The number of carboxylic acids is 1. The topological polar surface area (TPSA) is 95.1 Å². The van der Waals surface area contributed by atoms with Crippen LogP contribution in [0.2, 0.25) is 0 Å². The first-order valence-electron chi connectivity index (χ1n) is 3.83. The lowest BCUT2D eigenvalue weighted by atomic mass is 10.4. The fraction of sp³-hybridized carbons (Fsp3) is 0.750. The summed E-state index contributed by atoms with van der Waals surface area (Å²) in [4.78, 5) is 19.1. The van der Waals surface area contributed by atoms with Crippen LogP contribution in [0.25, 0.3) is 0 Å². The maximum atomic E-state index is 10.1. The predicted molar refractivity (Wildman–Crippen MR) is 48.5 cm³/mol. The summed E-state index contributed by atoms with van der Waals surface area (Å²) in [5.41, 5.74) is 0. The van der Waals surface area contributed by atoms with Crippen LogP contribution in [-0.2, 0) is 14.3 Å². The summed E-state index contributed by atoms with van der Waals surface area (Å²) in [5, 5.41) is 7.42. The van der Waals surface area contributed by atoms with Crippen molar-refractivity contribution in [2.24, 2.45) is 0 Å². The summed E-state index contributed by atoms with van der Waals surface area (Å²) in [7, 11) is 0. The van der Waals surface area contributed by atoms with E-state index >= 15 is 0 Å². The number of hydrogen-bond donors (Lipinski definition) is 1. The molecule has 0 fully saturated rings. The Morgan fingerprint density at radius 3 is 1.92 bits per heavy atom. The second-order valence-corrected chi connectivity index (χ2v) is 2.21. The largest absolute Gasteiger partial charge is 0.481 e. The molecule has 0 atom stereocenters. The molecule has 0 bridgehead atoms. The lowest BCUT2D eigenvalue weighted by Crippen LogP contribution is -1.99. The van der Waals surface area contributed by atoms with Gasteiger partial charge in [-0.25, -0.2) is 0 Å². The number of carbonyl (C=O) groups excluding carboxylic acids is 1. The third kappa shape index (κ3) is 56.8. The summed E-state index contributed by atoms with van der Waals surface area (Å²) in [6.45, 7) is 5.14. The van der Waals surface area contributed by atoms with Gasteiger partial charge in [0.05, 0.1) is 6.61 Å². The third-order valence-corrected chi connectivity index (χ3v) is 0.803. The van der Waals surface area contributed by atoms with Gasteiger partial charge in [0.1, 0.15) is 0 Å². The number of unbranched alkanes of at least 4 members (excludes halogenated alkanes) is 1. The molecule has 0 amide bonds. The first-order valence-corrected chi connectivity index (χ1v) is 3.83. The Bertz CT molecular complexity index is 128. The average molecular weight is 194 g/mol. The Morgan fingerprint density at radius 1 is 1.31 bits per heavy atom. The summed E-state index contributed by atoms with van der Waals surface area (Å²) in [6.07, 6.45) is 2.05. The molecule has 0 rings (SSSR count). The lowest BCUT2D eigenvalue weighted by Gasteiger charge is -1.96. The van der Waals surface area contributed by atoms with Gasteiger partial charge in [0.15, 0.2) is 0 Å². The SMILES string of the molecule is CC(=O)O.CCCCOC(C)=O.O. The van der Waals surface area contributed by atoms with E-state index in [1.807, 2.05) is 0 Å². The van der Waals surface area contributed by atoms with E-state index in [0.717, 1.165) is 19.8 Å². The normalized spacial score (nSPS) is 7.31. The molecule has 0 aromatic rings. The summed E-state index contributed by atoms with van der Waals surface area (Å²) in [5.74, 6) is -1.02. The van der Waals surface area contributed by atoms with Gasteiger partial charge in [-0.2, -0.15) is 0 Å². The molecule has 3 N–H and O–H groups in total. The van der Waals surface area contributed by atoms with Gasteiger partial charge in [0.2, 0.25) is 0 Å². The standard InChI is InChI=1S/C6H12O2.C2H4O2.H2O/c1-3-4-5-8-6(2)7;1-2(3)4;/h3-5H2,1-2H3;1H3,(H,3,4);1H2. The molecule has 0 aliphatic rings. The van der Waals surface area contributed by atoms with Crippen molar-refractivity contribution in [1.82, 2.24) is 0 Å². The second kappa shape index (κ2) is 13.5. The van der Waals surface area contributed by atoms with Crippen LogP contribution in [0, 0.1) is 0 Å². The molecule has 0 unspecified atom stereocenters. The van der Waals surface area contributed by atoms with Gasteiger partial charge in [0, 0.05) is 13.8 Å². The highest BCUT2D eigenvalue weighted by molar-refractivity contribution is 5.65. The van der Waals surface area contributed by atoms with Gasteiger partial charge in [-0.15, -0.1) is 0 Å². The van der Waals surface area contributed by atoms with Crippen molar-refractivity contribution in [2.45, 2.75) is 33.6 Å². The molecule has 0 aromatic carbocycles. The van der Waals surface area contributed by atoms with Crippen molar-refractivity contribution < 1.29 is 24.9 Å². The van der Waals surface area contributed by atoms with Crippen molar-refractivity contribution >= 4 is 11.9 Å². The highest BCUT2D eigenvalue weighted by atomic mass is 16.5. The van der Waals surface area contributed by atoms with Gasteiger partial charge >= 0.3 is 5.97 Å². The predicted octanol–water partition coefficient (Wildman–Crippen LogP) is 0.616. The minimum atomic E-state index is -0.833. The fourth-order valence-electron chi connectivity index (χ4n) is 0.360. The minimum Gasteiger partial charge on any atom is -0.481 e. The first-order chi connectivity index (χ1) is 5.50. The van der Waals surface area contributed by atoms with Crippen LogP contribution in [0.4, 0.5) is 0 Å². The Kier molecular flexibility index (Phi) is 18.5. The smallest absolute Gasteiger partial charge is 0.302 e. The minimum absolute atomic E-state index is 0. The number of aliphatic carboxylic acids is 1. The molecule has 0 spiro atoms. The Morgan fingerprint density at radius 2 is 1.69 bits per heavy atom. The second-order valence-electron chi connectivity index (χ2n) is 2.21. The van der Waals surface area contributed by atoms with Crippen LogP contribution in [0.1, 0.15) is 33.6 Å². The zero-order valence-electron chi connectivity index (χ0n) is 8.29. The third-order valence-electron chi connectivity index (χ3n) is 0.803. The van der Waals surface area contributed by atoms with Crippen molar-refractivity contribution in [2.75, 3.05) is 6.61 Å². The maximum absolute atomic E-state index is 10.1. The number of carboxylic acid groups (broad SMARTS) is 1. The lowest BCUT2D eigenvalue weighted by molar-refractivity contribution is -0.141. The van der Waals surface area contributed by atoms with Gasteiger partial charge in [-0.1, -0.05) is 13.3 Å². The maximum Gasteiger partial charge on any atom is 0.302 e. The molecule has 5 heteroatoms. The molecule has 0 aliphatic carbocycles. The van der Waals surface area contributed by atoms with E-state index in [1.165, 1.54) is 6.92 Å². The zero-order valence-corrected chi connectivity index (χ0v) is 8.29. The van der Waals surface area contributed by atoms with E-state index in [2.05, 4.69) is 11.7 Å². The number of hydrogen-bond acceptors (Lipinski definition) is 3. The van der Waals surface area contributed by atoms with Crippen molar-refractivity contribution in [3.05, 3.63) is 0 Å². The number of esters is 1. The van der Waals surface area contributed by atoms with Crippen molar-refractivity contribution in [1.29, 1.82) is 0 Å². The van der Waals surface area contributed by atoms with E-state index in [1.54, 1.807) is 0 Å². The van der Waals surface area contributed by atoms with E-state index in [9.17, 15) is 4.79 Å². The average Bonchev–Trinajstić information content (AvgIpc) is 1.86. The van der Waals surface area contributed by atoms with Crippen LogP contribution in [0.3, 0.4) is 0 Å². The summed E-state index contributed by atoms with van der Waals surface area (Å²) >= 11 is 0. The number of ether oxygens (including phenoxy) is 1. The molecule has 0 saturated carbocycles. The van der Waals surface area contributed by atoms with E-state index < -0.39 is 5.97 Å². The van der Waals surface area contributed by atoms with E-state index in [-0.39, 0.29) is 11.4 Å². The Balaban J connectivity index is -0.000000173. The Hall–Kier alpha value is -1.10. The van der Waals surface area contributed by atoms with Gasteiger partial charge in [0.25, 0.3) is 5.97 Å². The molecule has 80 valence electrons. The molecule has 5 nitrogen and oxygen atoms in total. The van der Waals surface area contributed by atoms with Crippen molar-refractivity contribution in [3.63, 3.8) is 0 Å². The number of carbonyl (C=O) groups is 2. The van der Waals surface area contributed by atoms with Crippen LogP contribution in [-0.4, -0.2) is 29.1 Å². The number of rotatable bonds is 3. The van der Waals surface area contributed by atoms with Gasteiger partial charge in [-0.05, 0) is 6.42 Å². The molecule has 0 aromatic heterocycles. The summed E-state index contributed by atoms with van der Waals surface area (Å²) < 4.78 is 4.64. The van der Waals surface area contributed by atoms with E-state index in [4.69, 9.17) is 9.90 Å². The van der Waals surface area contributed by atoms with Crippen LogP contribution < -0.4 is 0 Å². The zero-order chi connectivity index (χ0) is 9.98. The molecule has 0 heterocycles. The van der Waals surface area contributed by atoms with Crippen molar-refractivity contribution in [3.8, 4) is 0 Å². The quantitative estimate of drug-likeness (QED) is 0.526. The molecule has 0 saturated heterocycles. The van der Waals surface area contributed by atoms with Crippen LogP contribution in [0.5, 0.6) is 0 Å². The van der Waals surface area contributed by atoms with E-state index in [0.29, 0.717) is 6.61 Å². The first kappa shape index (κ1) is 17.8. The molecular weight excluding hydrogens is 176 g/mol. The highest BCUT2D eigenvalue weighted by Gasteiger charge is 1.88. The highest BCUT2D eigenvalue weighted by Crippen LogP contribution is 1.86. The molecule has 13 heavy (non-hydrogen) atoms. The fourth-order valence-corrected chi connectivity index (χ4v) is 0.360. The van der Waals surface area contributed by atoms with Crippen LogP contribution in [0.15, 0.2) is 0 Å². The van der Waals surface area contributed by atoms with Gasteiger partial charge < -0.3 is 15.3 Å². The van der Waals surface area contributed by atoms with Gasteiger partial charge in [-0.3, -0.25) is 9.59 Å². The summed E-state index contributed by atoms with van der Waals surface area (Å²) in [6, 6.07) is 0. The van der Waals surface area contributed by atoms with Crippen LogP contribution >= 0.6 is 0 Å². The molecular formula is C8H18O5.